The number of hydrogen-bond acceptors (Lipinski definition) is 9. The van der Waals surface area contributed by atoms with E-state index in [4.69, 9.17) is 8.83 Å². The van der Waals surface area contributed by atoms with Crippen molar-refractivity contribution in [1.82, 2.24) is 20.4 Å². The minimum Gasteiger partial charge on any atom is -0.466 e. The van der Waals surface area contributed by atoms with E-state index in [1.807, 2.05) is 26.0 Å². The lowest BCUT2D eigenvalue weighted by molar-refractivity contribution is 0.499. The van der Waals surface area contributed by atoms with Gasteiger partial charge in [0, 0.05) is 5.69 Å². The summed E-state index contributed by atoms with van der Waals surface area (Å²) < 4.78 is 12.1. The molecule has 4 aromatic rings. The molecule has 0 amide bonds. The molecule has 3 aromatic heterocycles. The van der Waals surface area contributed by atoms with Crippen LogP contribution in [0.1, 0.15) is 28.5 Å². The lowest BCUT2D eigenvalue weighted by atomic mass is 10.1. The molecule has 0 spiro atoms. The molecule has 3 heterocycles. The van der Waals surface area contributed by atoms with Gasteiger partial charge in [-0.2, -0.15) is 0 Å². The van der Waals surface area contributed by atoms with Crippen LogP contribution >= 0.6 is 23.1 Å². The Labute approximate surface area is 170 Å². The molecule has 28 heavy (non-hydrogen) atoms. The fourth-order valence-corrected chi connectivity index (χ4v) is 4.26. The summed E-state index contributed by atoms with van der Waals surface area (Å²) in [6.45, 7) is 7.96. The van der Waals surface area contributed by atoms with Crippen molar-refractivity contribution in [2.45, 2.75) is 37.8 Å². The third-order valence-corrected chi connectivity index (χ3v) is 6.18. The van der Waals surface area contributed by atoms with E-state index in [1.54, 1.807) is 0 Å². The summed E-state index contributed by atoms with van der Waals surface area (Å²) >= 11 is 3.00. The molecule has 0 unspecified atom stereocenters. The molecule has 0 aliphatic carbocycles. The summed E-state index contributed by atoms with van der Waals surface area (Å²) in [7, 11) is 0. The highest BCUT2D eigenvalue weighted by Gasteiger charge is 2.15. The van der Waals surface area contributed by atoms with E-state index < -0.39 is 0 Å². The molecule has 0 bridgehead atoms. The van der Waals surface area contributed by atoms with Gasteiger partial charge in [0.1, 0.15) is 11.5 Å². The van der Waals surface area contributed by atoms with Crippen LogP contribution < -0.4 is 5.32 Å². The van der Waals surface area contributed by atoms with Crippen LogP contribution in [-0.2, 0) is 5.75 Å². The smallest absolute Gasteiger partial charge is 0.251 e. The number of hydrogen-bond donors (Lipinski definition) is 1. The van der Waals surface area contributed by atoms with Gasteiger partial charge in [-0.25, -0.2) is 0 Å². The summed E-state index contributed by atoms with van der Waals surface area (Å²) in [5, 5.41) is 20.7. The quantitative estimate of drug-likeness (QED) is 0.417. The number of aryl methyl sites for hydroxylation is 4. The monoisotopic (exact) mass is 413 g/mol. The Kier molecular flexibility index (Phi) is 5.19. The molecule has 9 heteroatoms. The fourth-order valence-electron chi connectivity index (χ4n) is 2.65. The predicted molar refractivity (Wildman–Crippen MR) is 110 cm³/mol. The Hall–Kier alpha value is -2.65. The van der Waals surface area contributed by atoms with Gasteiger partial charge in [-0.1, -0.05) is 29.2 Å². The Bertz CT molecular complexity index is 1120. The number of nitrogens with one attached hydrogen (secondary N) is 1. The van der Waals surface area contributed by atoms with E-state index in [0.29, 0.717) is 17.5 Å². The normalized spacial score (nSPS) is 11.1. The summed E-state index contributed by atoms with van der Waals surface area (Å²) in [4.78, 5) is 0. The van der Waals surface area contributed by atoms with Gasteiger partial charge in [0.05, 0.1) is 11.3 Å². The van der Waals surface area contributed by atoms with Crippen LogP contribution in [0.3, 0.4) is 0 Å². The maximum Gasteiger partial charge on any atom is 0.251 e. The van der Waals surface area contributed by atoms with Crippen LogP contribution in [0.25, 0.3) is 11.5 Å². The zero-order valence-corrected chi connectivity index (χ0v) is 17.6. The first-order valence-electron chi connectivity index (χ1n) is 8.68. The number of anilines is 2. The molecule has 1 N–H and O–H groups in total. The number of nitrogens with zero attached hydrogens (tertiary/aromatic N) is 4. The van der Waals surface area contributed by atoms with Crippen molar-refractivity contribution in [1.29, 1.82) is 0 Å². The number of thioether (sulfide) groups is 1. The van der Waals surface area contributed by atoms with E-state index in [9.17, 15) is 0 Å². The molecular weight excluding hydrogens is 394 g/mol. The Morgan fingerprint density at radius 2 is 1.82 bits per heavy atom. The SMILES string of the molecule is Cc1cc(-c2nnc(CSc3nnc(Nc4ccc(C)c(C)c4)s3)o2)c(C)o1. The molecule has 0 saturated carbocycles. The van der Waals surface area contributed by atoms with E-state index >= 15 is 0 Å². The summed E-state index contributed by atoms with van der Waals surface area (Å²) in [5.41, 5.74) is 4.33. The zero-order valence-electron chi connectivity index (χ0n) is 15.9. The summed E-state index contributed by atoms with van der Waals surface area (Å²) in [6.07, 6.45) is 0. The minimum atomic E-state index is 0.472. The second kappa shape index (κ2) is 7.76. The second-order valence-corrected chi connectivity index (χ2v) is 8.61. The first-order valence-corrected chi connectivity index (χ1v) is 10.5. The van der Waals surface area contributed by atoms with Gasteiger partial charge in [0.15, 0.2) is 4.34 Å². The molecule has 144 valence electrons. The van der Waals surface area contributed by atoms with Gasteiger partial charge in [-0.05, 0) is 57.0 Å². The highest BCUT2D eigenvalue weighted by molar-refractivity contribution is 8.00. The van der Waals surface area contributed by atoms with Gasteiger partial charge < -0.3 is 14.2 Å². The highest BCUT2D eigenvalue weighted by atomic mass is 32.2. The van der Waals surface area contributed by atoms with Crippen LogP contribution in [0.4, 0.5) is 10.8 Å². The predicted octanol–water partition coefficient (Wildman–Crippen LogP) is 5.45. The average molecular weight is 414 g/mol. The largest absolute Gasteiger partial charge is 0.466 e. The molecule has 0 aliphatic heterocycles. The summed E-state index contributed by atoms with van der Waals surface area (Å²) in [6, 6.07) is 8.12. The molecule has 0 saturated heterocycles. The lowest BCUT2D eigenvalue weighted by Crippen LogP contribution is -1.91. The molecule has 7 nitrogen and oxygen atoms in total. The number of benzene rings is 1. The Balaban J connectivity index is 1.38. The van der Waals surface area contributed by atoms with Crippen LogP contribution in [-0.4, -0.2) is 20.4 Å². The number of aromatic nitrogens is 4. The lowest BCUT2D eigenvalue weighted by Gasteiger charge is -2.05. The zero-order chi connectivity index (χ0) is 19.7. The summed E-state index contributed by atoms with van der Waals surface area (Å²) in [5.74, 6) is 3.13. The second-order valence-electron chi connectivity index (χ2n) is 6.41. The van der Waals surface area contributed by atoms with E-state index in [2.05, 4.69) is 51.7 Å². The van der Waals surface area contributed by atoms with Crippen molar-refractivity contribution in [2.24, 2.45) is 0 Å². The fraction of sp³-hybridized carbons (Fsp3) is 0.263. The first-order chi connectivity index (χ1) is 13.5. The topological polar surface area (TPSA) is 89.9 Å². The third-order valence-electron chi connectivity index (χ3n) is 4.22. The van der Waals surface area contributed by atoms with Crippen molar-refractivity contribution in [3.63, 3.8) is 0 Å². The van der Waals surface area contributed by atoms with Crippen LogP contribution in [0.5, 0.6) is 0 Å². The van der Waals surface area contributed by atoms with Crippen molar-refractivity contribution >= 4 is 33.9 Å². The molecule has 0 radical (unpaired) electrons. The van der Waals surface area contributed by atoms with E-state index in [-0.39, 0.29) is 0 Å². The minimum absolute atomic E-state index is 0.472. The molecule has 0 atom stereocenters. The average Bonchev–Trinajstić information content (AvgIpc) is 3.37. The van der Waals surface area contributed by atoms with Gasteiger partial charge >= 0.3 is 0 Å². The van der Waals surface area contributed by atoms with Crippen LogP contribution in [0, 0.1) is 27.7 Å². The third kappa shape index (κ3) is 4.10. The van der Waals surface area contributed by atoms with Crippen LogP contribution in [0.2, 0.25) is 0 Å². The standard InChI is InChI=1S/C19H19N5O2S2/c1-10-5-6-14(7-11(10)2)20-18-23-24-19(28-18)27-9-16-21-22-17(26-16)15-8-12(3)25-13(15)4/h5-8H,9H2,1-4H3,(H,20,23). The van der Waals surface area contributed by atoms with Crippen LogP contribution in [0.15, 0.2) is 37.4 Å². The van der Waals surface area contributed by atoms with Crippen molar-refractivity contribution in [2.75, 3.05) is 5.32 Å². The first kappa shape index (κ1) is 18.7. The molecular formula is C19H19N5O2S2. The maximum atomic E-state index is 5.75. The maximum absolute atomic E-state index is 5.75. The highest BCUT2D eigenvalue weighted by Crippen LogP contribution is 2.31. The van der Waals surface area contributed by atoms with Crippen molar-refractivity contribution in [3.05, 3.63) is 52.8 Å². The Morgan fingerprint density at radius 1 is 0.964 bits per heavy atom. The molecule has 1 aromatic carbocycles. The Morgan fingerprint density at radius 3 is 2.57 bits per heavy atom. The molecule has 0 fully saturated rings. The van der Waals surface area contributed by atoms with Gasteiger partial charge in [0.2, 0.25) is 11.0 Å². The van der Waals surface area contributed by atoms with E-state index in [1.165, 1.54) is 34.2 Å². The number of rotatable bonds is 6. The molecule has 4 rings (SSSR count). The van der Waals surface area contributed by atoms with E-state index in [0.717, 1.165) is 32.2 Å². The van der Waals surface area contributed by atoms with Gasteiger partial charge in [-0.3, -0.25) is 0 Å². The van der Waals surface area contributed by atoms with Crippen molar-refractivity contribution < 1.29 is 8.83 Å². The van der Waals surface area contributed by atoms with Gasteiger partial charge in [0.25, 0.3) is 5.89 Å². The van der Waals surface area contributed by atoms with Gasteiger partial charge in [-0.15, -0.1) is 20.4 Å². The van der Waals surface area contributed by atoms with Crippen molar-refractivity contribution in [3.8, 4) is 11.5 Å². The number of furan rings is 1. The molecule has 0 aliphatic rings.